The fourth-order valence-electron chi connectivity index (χ4n) is 3.07. The molecule has 0 spiro atoms. The highest BCUT2D eigenvalue weighted by Crippen LogP contribution is 2.34. The third-order valence-electron chi connectivity index (χ3n) is 4.42. The lowest BCUT2D eigenvalue weighted by atomic mass is 10.2. The van der Waals surface area contributed by atoms with Crippen LogP contribution in [0, 0.1) is 11.8 Å². The van der Waals surface area contributed by atoms with Crippen molar-refractivity contribution >= 4 is 17.6 Å². The molecule has 1 aliphatic rings. The third kappa shape index (κ3) is 3.76. The van der Waals surface area contributed by atoms with Crippen LogP contribution in [0.4, 0.5) is 5.82 Å². The number of nitrogens with zero attached hydrogens (tertiary/aromatic N) is 4. The molecule has 7 heteroatoms. The zero-order valence-corrected chi connectivity index (χ0v) is 15.5. The van der Waals surface area contributed by atoms with E-state index in [4.69, 9.17) is 5.73 Å². The molecule has 136 valence electrons. The first kappa shape index (κ1) is 17.4. The second-order valence-electron chi connectivity index (χ2n) is 6.24. The lowest BCUT2D eigenvalue weighted by Gasteiger charge is -2.12. The molecule has 1 saturated heterocycles. The Balaban J connectivity index is 1.58. The van der Waals surface area contributed by atoms with Crippen LogP contribution in [-0.4, -0.2) is 24.9 Å². The van der Waals surface area contributed by atoms with Crippen molar-refractivity contribution in [3.05, 3.63) is 65.0 Å². The third-order valence-corrected chi connectivity index (χ3v) is 5.79. The SMILES string of the molecule is Nc1nc(=O)n([C@@H]2CCCS2)cc1C#CCn1ccnc1-c1ccccc1. The van der Waals surface area contributed by atoms with Gasteiger partial charge in [0.2, 0.25) is 0 Å². The van der Waals surface area contributed by atoms with Gasteiger partial charge in [-0.15, -0.1) is 11.8 Å². The Hall–Kier alpha value is -2.98. The van der Waals surface area contributed by atoms with Gasteiger partial charge in [0.1, 0.15) is 11.6 Å². The Morgan fingerprint density at radius 3 is 2.93 bits per heavy atom. The maximum atomic E-state index is 12.1. The Bertz CT molecular complexity index is 1060. The van der Waals surface area contributed by atoms with Crippen LogP contribution in [0.5, 0.6) is 0 Å². The largest absolute Gasteiger partial charge is 0.382 e. The lowest BCUT2D eigenvalue weighted by molar-refractivity contribution is 0.608. The molecule has 2 N–H and O–H groups in total. The summed E-state index contributed by atoms with van der Waals surface area (Å²) in [5.74, 6) is 8.30. The number of rotatable bonds is 3. The lowest BCUT2D eigenvalue weighted by Crippen LogP contribution is -2.26. The van der Waals surface area contributed by atoms with E-state index in [1.54, 1.807) is 28.7 Å². The van der Waals surface area contributed by atoms with Crippen molar-refractivity contribution < 1.29 is 0 Å². The van der Waals surface area contributed by atoms with Gasteiger partial charge in [0, 0.05) is 24.2 Å². The maximum Gasteiger partial charge on any atom is 0.350 e. The molecule has 1 fully saturated rings. The number of hydrogen-bond acceptors (Lipinski definition) is 5. The predicted octanol–water partition coefficient (Wildman–Crippen LogP) is 2.77. The van der Waals surface area contributed by atoms with E-state index in [1.807, 2.05) is 41.1 Å². The van der Waals surface area contributed by atoms with Crippen LogP contribution < -0.4 is 11.4 Å². The van der Waals surface area contributed by atoms with E-state index >= 15 is 0 Å². The number of thioether (sulfide) groups is 1. The normalized spacial score (nSPS) is 16.1. The second-order valence-corrected chi connectivity index (χ2v) is 7.53. The molecule has 27 heavy (non-hydrogen) atoms. The van der Waals surface area contributed by atoms with Crippen molar-refractivity contribution in [1.29, 1.82) is 0 Å². The minimum atomic E-state index is -0.307. The van der Waals surface area contributed by atoms with Gasteiger partial charge in [-0.3, -0.25) is 4.57 Å². The van der Waals surface area contributed by atoms with Crippen LogP contribution in [-0.2, 0) is 6.54 Å². The van der Waals surface area contributed by atoms with Crippen molar-refractivity contribution in [3.63, 3.8) is 0 Å². The highest BCUT2D eigenvalue weighted by molar-refractivity contribution is 7.99. The Morgan fingerprint density at radius 1 is 1.30 bits per heavy atom. The van der Waals surface area contributed by atoms with E-state index < -0.39 is 0 Å². The molecular weight excluding hydrogens is 358 g/mol. The number of nitrogen functional groups attached to an aromatic ring is 1. The molecule has 0 unspecified atom stereocenters. The van der Waals surface area contributed by atoms with E-state index in [-0.39, 0.29) is 16.9 Å². The summed E-state index contributed by atoms with van der Waals surface area (Å²) in [6.07, 6.45) is 7.48. The summed E-state index contributed by atoms with van der Waals surface area (Å²) < 4.78 is 3.64. The van der Waals surface area contributed by atoms with Crippen molar-refractivity contribution in [2.75, 3.05) is 11.5 Å². The fourth-order valence-corrected chi connectivity index (χ4v) is 4.32. The first-order valence-electron chi connectivity index (χ1n) is 8.78. The molecule has 3 aromatic rings. The topological polar surface area (TPSA) is 78.7 Å². The molecule has 0 amide bonds. The Kier molecular flexibility index (Phi) is 4.99. The van der Waals surface area contributed by atoms with Gasteiger partial charge in [-0.25, -0.2) is 9.78 Å². The number of aromatic nitrogens is 4. The summed E-state index contributed by atoms with van der Waals surface area (Å²) in [6, 6.07) is 9.98. The minimum absolute atomic E-state index is 0.129. The van der Waals surface area contributed by atoms with Crippen LogP contribution in [0.25, 0.3) is 11.4 Å². The number of nitrogens with two attached hydrogens (primary N) is 1. The summed E-state index contributed by atoms with van der Waals surface area (Å²) in [5.41, 5.74) is 7.24. The van der Waals surface area contributed by atoms with Crippen molar-refractivity contribution in [1.82, 2.24) is 19.1 Å². The molecule has 0 bridgehead atoms. The van der Waals surface area contributed by atoms with E-state index in [1.165, 1.54) is 0 Å². The minimum Gasteiger partial charge on any atom is -0.382 e. The monoisotopic (exact) mass is 377 g/mol. The van der Waals surface area contributed by atoms with E-state index in [0.717, 1.165) is 30.0 Å². The van der Waals surface area contributed by atoms with Gasteiger partial charge >= 0.3 is 5.69 Å². The van der Waals surface area contributed by atoms with Crippen molar-refractivity contribution in [2.45, 2.75) is 24.8 Å². The molecule has 2 aromatic heterocycles. The zero-order chi connectivity index (χ0) is 18.6. The molecule has 3 heterocycles. The smallest absolute Gasteiger partial charge is 0.350 e. The standard InChI is InChI=1S/C20H19N5OS/c21-18-16(14-25(20(26)23-18)17-9-5-13-27-17)8-4-11-24-12-10-22-19(24)15-6-2-1-3-7-15/h1-3,6-7,10,12,14,17H,5,9,11,13H2,(H2,21,23,26)/t17-/m0/s1. The fraction of sp³-hybridized carbons (Fsp3) is 0.250. The quantitative estimate of drug-likeness (QED) is 0.710. The second kappa shape index (κ2) is 7.72. The highest BCUT2D eigenvalue weighted by Gasteiger charge is 2.19. The summed E-state index contributed by atoms with van der Waals surface area (Å²) in [5, 5.41) is 0.129. The molecule has 1 aliphatic heterocycles. The number of hydrogen-bond donors (Lipinski definition) is 1. The van der Waals surface area contributed by atoms with Gasteiger partial charge in [-0.2, -0.15) is 4.98 Å². The molecule has 1 atom stereocenters. The molecular formula is C20H19N5OS. The van der Waals surface area contributed by atoms with Gasteiger partial charge in [-0.05, 0) is 18.6 Å². The van der Waals surface area contributed by atoms with Gasteiger partial charge < -0.3 is 10.3 Å². The van der Waals surface area contributed by atoms with Crippen LogP contribution in [0.15, 0.2) is 53.7 Å². The summed E-state index contributed by atoms with van der Waals surface area (Å²) >= 11 is 1.77. The highest BCUT2D eigenvalue weighted by atomic mass is 32.2. The average Bonchev–Trinajstić information content (AvgIpc) is 3.36. The van der Waals surface area contributed by atoms with E-state index in [2.05, 4.69) is 21.8 Å². The molecule has 4 rings (SSSR count). The van der Waals surface area contributed by atoms with Crippen LogP contribution in [0.2, 0.25) is 0 Å². The van der Waals surface area contributed by atoms with E-state index in [9.17, 15) is 4.79 Å². The predicted molar refractivity (Wildman–Crippen MR) is 108 cm³/mol. The first-order valence-corrected chi connectivity index (χ1v) is 9.83. The Morgan fingerprint density at radius 2 is 2.15 bits per heavy atom. The van der Waals surface area contributed by atoms with Crippen LogP contribution in [0.3, 0.4) is 0 Å². The van der Waals surface area contributed by atoms with Crippen molar-refractivity contribution in [2.24, 2.45) is 0 Å². The summed E-state index contributed by atoms with van der Waals surface area (Å²) in [4.78, 5) is 20.5. The van der Waals surface area contributed by atoms with Crippen molar-refractivity contribution in [3.8, 4) is 23.2 Å². The van der Waals surface area contributed by atoms with E-state index in [0.29, 0.717) is 12.1 Å². The molecule has 0 radical (unpaired) electrons. The molecule has 0 aliphatic carbocycles. The van der Waals surface area contributed by atoms with Crippen LogP contribution in [0.1, 0.15) is 23.8 Å². The maximum absolute atomic E-state index is 12.1. The Labute approximate surface area is 161 Å². The van der Waals surface area contributed by atoms with Crippen LogP contribution >= 0.6 is 11.8 Å². The van der Waals surface area contributed by atoms with Gasteiger partial charge in [0.15, 0.2) is 0 Å². The van der Waals surface area contributed by atoms with Gasteiger partial charge in [-0.1, -0.05) is 42.2 Å². The number of anilines is 1. The zero-order valence-electron chi connectivity index (χ0n) is 14.7. The summed E-state index contributed by atoms with van der Waals surface area (Å²) in [7, 11) is 0. The van der Waals surface area contributed by atoms with Gasteiger partial charge in [0.25, 0.3) is 0 Å². The van der Waals surface area contributed by atoms with Gasteiger partial charge in [0.05, 0.1) is 17.5 Å². The number of imidazole rings is 1. The molecule has 0 saturated carbocycles. The summed E-state index contributed by atoms with van der Waals surface area (Å²) in [6.45, 7) is 0.473. The average molecular weight is 377 g/mol. The molecule has 6 nitrogen and oxygen atoms in total. The number of benzene rings is 1. The molecule has 1 aromatic carbocycles. The first-order chi connectivity index (χ1) is 13.2.